The summed E-state index contributed by atoms with van der Waals surface area (Å²) >= 11 is 0. The number of hydrogen-bond donors (Lipinski definition) is 0. The van der Waals surface area contributed by atoms with Crippen LogP contribution in [-0.4, -0.2) is 47.6 Å². The Bertz CT molecular complexity index is 1150. The number of likely N-dealkylation sites (tertiary alicyclic amines) is 1. The van der Waals surface area contributed by atoms with Crippen molar-refractivity contribution in [2.45, 2.75) is 26.2 Å². The zero-order valence-electron chi connectivity index (χ0n) is 18.5. The van der Waals surface area contributed by atoms with E-state index in [9.17, 15) is 24.0 Å². The van der Waals surface area contributed by atoms with Gasteiger partial charge in [-0.15, -0.1) is 0 Å². The van der Waals surface area contributed by atoms with Crippen LogP contribution in [0.3, 0.4) is 0 Å². The average molecular weight is 465 g/mol. The molecule has 0 saturated carbocycles. The first kappa shape index (κ1) is 23.2. The summed E-state index contributed by atoms with van der Waals surface area (Å²) in [5.41, 5.74) is 1.35. The van der Waals surface area contributed by atoms with Gasteiger partial charge in [0.25, 0.3) is 0 Å². The number of carbonyl (C=O) groups excluding carboxylic acids is 5. The molecule has 0 spiro atoms. The maximum absolute atomic E-state index is 12.6. The molecule has 1 aromatic heterocycles. The molecular weight excluding hydrogens is 442 g/mol. The molecule has 2 atom stereocenters. The monoisotopic (exact) mass is 465 g/mol. The van der Waals surface area contributed by atoms with E-state index in [1.54, 1.807) is 6.07 Å². The van der Waals surface area contributed by atoms with Crippen LogP contribution in [0.1, 0.15) is 47.1 Å². The third-order valence-corrected chi connectivity index (χ3v) is 5.93. The van der Waals surface area contributed by atoms with Crippen molar-refractivity contribution in [2.24, 2.45) is 11.8 Å². The largest absolute Gasteiger partial charge is 0.457 e. The number of furan rings is 1. The van der Waals surface area contributed by atoms with Crippen molar-refractivity contribution in [2.75, 3.05) is 13.2 Å². The van der Waals surface area contributed by atoms with Crippen molar-refractivity contribution < 1.29 is 37.9 Å². The zero-order chi connectivity index (χ0) is 24.2. The van der Waals surface area contributed by atoms with E-state index in [4.69, 9.17) is 13.9 Å². The molecule has 1 aliphatic heterocycles. The van der Waals surface area contributed by atoms with Gasteiger partial charge in [-0.1, -0.05) is 11.6 Å². The third-order valence-electron chi connectivity index (χ3n) is 5.93. The maximum atomic E-state index is 12.6. The summed E-state index contributed by atoms with van der Waals surface area (Å²) in [7, 11) is 0. The first-order valence-corrected chi connectivity index (χ1v) is 10.9. The van der Waals surface area contributed by atoms with Gasteiger partial charge >= 0.3 is 11.9 Å². The Morgan fingerprint density at radius 3 is 2.50 bits per heavy atom. The first-order chi connectivity index (χ1) is 16.3. The standard InChI is InChI=1S/C25H23NO8/c1-15-4-9-18-19(13-15)24(30)26(23(18)29)11-10-22(28)33-14-20(27)16-5-7-17(8-6-16)34-25(31)21-3-2-12-32-21/h2-8,12,18-19H,9-11,13-14H2,1H3. The number of imide groups is 1. The number of hydrogen-bond acceptors (Lipinski definition) is 8. The Balaban J connectivity index is 1.22. The smallest absolute Gasteiger partial charge is 0.379 e. The summed E-state index contributed by atoms with van der Waals surface area (Å²) < 4.78 is 15.1. The third kappa shape index (κ3) is 4.98. The lowest BCUT2D eigenvalue weighted by molar-refractivity contribution is -0.145. The van der Waals surface area contributed by atoms with Crippen molar-refractivity contribution in [1.29, 1.82) is 0 Å². The Labute approximate surface area is 195 Å². The van der Waals surface area contributed by atoms with Crippen LogP contribution in [0.2, 0.25) is 0 Å². The molecule has 2 aliphatic rings. The van der Waals surface area contributed by atoms with Crippen LogP contribution >= 0.6 is 0 Å². The second kappa shape index (κ2) is 9.86. The normalized spacial score (nSPS) is 19.4. The number of amides is 2. The Hall–Kier alpha value is -4.01. The van der Waals surface area contributed by atoms with E-state index in [1.807, 2.05) is 13.0 Å². The predicted molar refractivity (Wildman–Crippen MR) is 117 cm³/mol. The zero-order valence-corrected chi connectivity index (χ0v) is 18.5. The summed E-state index contributed by atoms with van der Waals surface area (Å²) in [4.78, 5) is 62.5. The molecule has 0 radical (unpaired) electrons. The molecule has 9 nitrogen and oxygen atoms in total. The molecule has 1 fully saturated rings. The first-order valence-electron chi connectivity index (χ1n) is 10.9. The number of nitrogens with zero attached hydrogens (tertiary/aromatic N) is 1. The van der Waals surface area contributed by atoms with Gasteiger partial charge in [-0.25, -0.2) is 4.79 Å². The number of allylic oxidation sites excluding steroid dienone is 2. The Morgan fingerprint density at radius 2 is 1.79 bits per heavy atom. The number of Topliss-reactive ketones (excluding diaryl/α,β-unsaturated/α-hetero) is 1. The number of fused-ring (bicyclic) bond motifs is 1. The molecular formula is C25H23NO8. The molecule has 0 N–H and O–H groups in total. The quantitative estimate of drug-likeness (QED) is 0.192. The molecule has 9 heteroatoms. The van der Waals surface area contributed by atoms with Gasteiger partial charge in [0.2, 0.25) is 17.6 Å². The van der Waals surface area contributed by atoms with E-state index in [0.29, 0.717) is 12.8 Å². The van der Waals surface area contributed by atoms with Gasteiger partial charge in [0.15, 0.2) is 12.4 Å². The van der Waals surface area contributed by atoms with Gasteiger partial charge in [-0.05, 0) is 56.2 Å². The van der Waals surface area contributed by atoms with E-state index in [0.717, 1.165) is 10.5 Å². The van der Waals surface area contributed by atoms with Crippen LogP contribution in [-0.2, 0) is 19.1 Å². The number of rotatable bonds is 8. The van der Waals surface area contributed by atoms with Crippen LogP contribution < -0.4 is 4.74 Å². The van der Waals surface area contributed by atoms with Crippen molar-refractivity contribution in [1.82, 2.24) is 4.90 Å². The number of ketones is 1. The average Bonchev–Trinajstić information content (AvgIpc) is 3.44. The lowest BCUT2D eigenvalue weighted by atomic mass is 9.82. The highest BCUT2D eigenvalue weighted by Crippen LogP contribution is 2.37. The Morgan fingerprint density at radius 1 is 1.06 bits per heavy atom. The van der Waals surface area contributed by atoms with Gasteiger partial charge in [-0.3, -0.25) is 24.1 Å². The van der Waals surface area contributed by atoms with Gasteiger partial charge < -0.3 is 13.9 Å². The summed E-state index contributed by atoms with van der Waals surface area (Å²) in [6.45, 7) is 1.39. The minimum absolute atomic E-state index is 0.0509. The topological polar surface area (TPSA) is 120 Å². The van der Waals surface area contributed by atoms with Crippen LogP contribution in [0, 0.1) is 11.8 Å². The molecule has 2 aromatic rings. The fourth-order valence-electron chi connectivity index (χ4n) is 4.09. The molecule has 1 saturated heterocycles. The van der Waals surface area contributed by atoms with E-state index in [1.165, 1.54) is 36.6 Å². The summed E-state index contributed by atoms with van der Waals surface area (Å²) in [6.07, 6.45) is 4.25. The number of esters is 2. The maximum Gasteiger partial charge on any atom is 0.379 e. The minimum Gasteiger partial charge on any atom is -0.457 e. The molecule has 34 heavy (non-hydrogen) atoms. The van der Waals surface area contributed by atoms with Crippen molar-refractivity contribution >= 4 is 29.5 Å². The van der Waals surface area contributed by atoms with Crippen LogP contribution in [0.25, 0.3) is 0 Å². The van der Waals surface area contributed by atoms with E-state index < -0.39 is 24.3 Å². The minimum atomic E-state index is -0.679. The second-order valence-electron chi connectivity index (χ2n) is 8.26. The number of ether oxygens (including phenoxy) is 2. The van der Waals surface area contributed by atoms with E-state index in [2.05, 4.69) is 0 Å². The van der Waals surface area contributed by atoms with Gasteiger partial charge in [0.05, 0.1) is 24.5 Å². The highest BCUT2D eigenvalue weighted by Gasteiger charge is 2.47. The van der Waals surface area contributed by atoms with E-state index >= 15 is 0 Å². The fraction of sp³-hybridized carbons (Fsp3) is 0.320. The molecule has 1 aliphatic carbocycles. The molecule has 2 amide bonds. The van der Waals surface area contributed by atoms with E-state index in [-0.39, 0.29) is 53.7 Å². The molecule has 0 bridgehead atoms. The van der Waals surface area contributed by atoms with Crippen LogP contribution in [0.4, 0.5) is 0 Å². The van der Waals surface area contributed by atoms with Gasteiger partial charge in [0, 0.05) is 12.1 Å². The molecule has 176 valence electrons. The lowest BCUT2D eigenvalue weighted by Gasteiger charge is -2.19. The molecule has 2 heterocycles. The van der Waals surface area contributed by atoms with Crippen molar-refractivity contribution in [3.63, 3.8) is 0 Å². The fourth-order valence-corrected chi connectivity index (χ4v) is 4.09. The predicted octanol–water partition coefficient (Wildman–Crippen LogP) is 2.96. The lowest BCUT2D eigenvalue weighted by Crippen LogP contribution is -2.33. The summed E-state index contributed by atoms with van der Waals surface area (Å²) in [6, 6.07) is 8.80. The molecule has 1 aromatic carbocycles. The van der Waals surface area contributed by atoms with Crippen LogP contribution in [0.15, 0.2) is 58.7 Å². The van der Waals surface area contributed by atoms with Crippen molar-refractivity contribution in [3.05, 3.63) is 65.6 Å². The highest BCUT2D eigenvalue weighted by atomic mass is 16.5. The summed E-state index contributed by atoms with van der Waals surface area (Å²) in [5, 5.41) is 0. The van der Waals surface area contributed by atoms with Crippen molar-refractivity contribution in [3.8, 4) is 5.75 Å². The van der Waals surface area contributed by atoms with Gasteiger partial charge in [-0.2, -0.15) is 0 Å². The SMILES string of the molecule is CC1=CCC2C(=O)N(CCC(=O)OCC(=O)c3ccc(OC(=O)c4ccco4)cc3)C(=O)C2C1. The van der Waals surface area contributed by atoms with Gasteiger partial charge in [0.1, 0.15) is 5.75 Å². The highest BCUT2D eigenvalue weighted by molar-refractivity contribution is 6.05. The summed E-state index contributed by atoms with van der Waals surface area (Å²) in [5.74, 6) is -2.73. The second-order valence-corrected chi connectivity index (χ2v) is 8.26. The number of carbonyl (C=O) groups is 5. The molecule has 4 rings (SSSR count). The number of benzene rings is 1. The molecule has 2 unspecified atom stereocenters. The van der Waals surface area contributed by atoms with Crippen LogP contribution in [0.5, 0.6) is 5.75 Å². The Kier molecular flexibility index (Phi) is 6.72.